The van der Waals surface area contributed by atoms with Crippen molar-refractivity contribution in [2.24, 2.45) is 0 Å². The standard InChI is InChI=1S/C19H21N5O2/c1-26-12-15-11-23(22-21-15)18-8-16-5-6-17(9-18)24(16)19(25)14-4-2-3-13(7-14)10-20/h2-4,7,11,16-18H,5-6,8-9,12H2,1H3. The van der Waals surface area contributed by atoms with Crippen LogP contribution in [-0.2, 0) is 11.3 Å². The second-order valence-electron chi connectivity index (χ2n) is 7.04. The molecule has 2 unspecified atom stereocenters. The Hall–Kier alpha value is -2.72. The minimum Gasteiger partial charge on any atom is -0.378 e. The number of methoxy groups -OCH3 is 1. The van der Waals surface area contributed by atoms with E-state index in [1.807, 2.05) is 15.8 Å². The van der Waals surface area contributed by atoms with E-state index >= 15 is 0 Å². The van der Waals surface area contributed by atoms with Gasteiger partial charge < -0.3 is 9.64 Å². The Balaban J connectivity index is 1.51. The second kappa shape index (κ2) is 6.89. The normalized spacial score (nSPS) is 24.5. The lowest BCUT2D eigenvalue weighted by Gasteiger charge is -2.39. The SMILES string of the molecule is COCc1cn(C2CC3CCC(C2)N3C(=O)c2cccc(C#N)c2)nn1. The zero-order valence-corrected chi connectivity index (χ0v) is 14.7. The summed E-state index contributed by atoms with van der Waals surface area (Å²) in [6.07, 6.45) is 5.75. The van der Waals surface area contributed by atoms with Gasteiger partial charge in [-0.1, -0.05) is 11.3 Å². The number of rotatable bonds is 4. The summed E-state index contributed by atoms with van der Waals surface area (Å²) in [7, 11) is 1.64. The molecule has 2 bridgehead atoms. The average molecular weight is 351 g/mol. The number of piperidine rings is 1. The molecule has 0 radical (unpaired) electrons. The average Bonchev–Trinajstić information content (AvgIpc) is 3.23. The fraction of sp³-hybridized carbons (Fsp3) is 0.474. The molecule has 0 spiro atoms. The largest absolute Gasteiger partial charge is 0.378 e. The van der Waals surface area contributed by atoms with Crippen LogP contribution in [0.1, 0.15) is 53.3 Å². The van der Waals surface area contributed by atoms with Crippen LogP contribution in [-0.4, -0.2) is 45.0 Å². The fourth-order valence-corrected chi connectivity index (χ4v) is 4.27. The van der Waals surface area contributed by atoms with Crippen LogP contribution in [0.3, 0.4) is 0 Å². The van der Waals surface area contributed by atoms with E-state index in [9.17, 15) is 4.79 Å². The summed E-state index contributed by atoms with van der Waals surface area (Å²) in [6, 6.07) is 9.77. The summed E-state index contributed by atoms with van der Waals surface area (Å²) >= 11 is 0. The second-order valence-corrected chi connectivity index (χ2v) is 7.04. The monoisotopic (exact) mass is 351 g/mol. The highest BCUT2D eigenvalue weighted by atomic mass is 16.5. The van der Waals surface area contributed by atoms with Crippen molar-refractivity contribution in [2.75, 3.05) is 7.11 Å². The molecule has 2 aromatic rings. The van der Waals surface area contributed by atoms with Gasteiger partial charge in [0.25, 0.3) is 5.91 Å². The maximum atomic E-state index is 13.0. The Bertz CT molecular complexity index is 842. The van der Waals surface area contributed by atoms with Crippen LogP contribution in [0, 0.1) is 11.3 Å². The Morgan fingerprint density at radius 3 is 2.77 bits per heavy atom. The van der Waals surface area contributed by atoms with Crippen LogP contribution in [0.25, 0.3) is 0 Å². The lowest BCUT2D eigenvalue weighted by atomic mass is 9.96. The van der Waals surface area contributed by atoms with Crippen LogP contribution < -0.4 is 0 Å². The molecule has 2 fully saturated rings. The van der Waals surface area contributed by atoms with Gasteiger partial charge in [-0.3, -0.25) is 4.79 Å². The molecule has 1 aromatic carbocycles. The van der Waals surface area contributed by atoms with Crippen LogP contribution in [0.2, 0.25) is 0 Å². The predicted octanol–water partition coefficient (Wildman–Crippen LogP) is 2.30. The molecule has 2 aliphatic heterocycles. The van der Waals surface area contributed by atoms with Crippen molar-refractivity contribution >= 4 is 5.91 Å². The van der Waals surface area contributed by atoms with Gasteiger partial charge in [-0.05, 0) is 43.9 Å². The van der Waals surface area contributed by atoms with Crippen molar-refractivity contribution in [1.82, 2.24) is 19.9 Å². The van der Waals surface area contributed by atoms with Gasteiger partial charge in [-0.15, -0.1) is 5.10 Å². The molecule has 4 rings (SSSR count). The van der Waals surface area contributed by atoms with E-state index in [0.29, 0.717) is 17.7 Å². The Morgan fingerprint density at radius 1 is 1.31 bits per heavy atom. The van der Waals surface area contributed by atoms with Gasteiger partial charge in [0.1, 0.15) is 5.69 Å². The number of hydrogen-bond acceptors (Lipinski definition) is 5. The van der Waals surface area contributed by atoms with Gasteiger partial charge in [-0.25, -0.2) is 4.68 Å². The quantitative estimate of drug-likeness (QED) is 0.844. The lowest BCUT2D eigenvalue weighted by molar-refractivity contribution is 0.0523. The first-order valence-electron chi connectivity index (χ1n) is 8.92. The van der Waals surface area contributed by atoms with Gasteiger partial charge in [0.2, 0.25) is 0 Å². The van der Waals surface area contributed by atoms with Gasteiger partial charge in [-0.2, -0.15) is 5.26 Å². The van der Waals surface area contributed by atoms with Crippen molar-refractivity contribution in [1.29, 1.82) is 5.26 Å². The van der Waals surface area contributed by atoms with E-state index in [1.165, 1.54) is 0 Å². The molecule has 2 saturated heterocycles. The van der Waals surface area contributed by atoms with Crippen molar-refractivity contribution < 1.29 is 9.53 Å². The highest BCUT2D eigenvalue weighted by molar-refractivity contribution is 5.95. The number of nitriles is 1. The first kappa shape index (κ1) is 16.7. The van der Waals surface area contributed by atoms with Gasteiger partial charge in [0.15, 0.2) is 0 Å². The van der Waals surface area contributed by atoms with Gasteiger partial charge in [0.05, 0.1) is 30.5 Å². The zero-order valence-electron chi connectivity index (χ0n) is 14.7. The molecule has 2 atom stereocenters. The molecular formula is C19H21N5O2. The summed E-state index contributed by atoms with van der Waals surface area (Å²) in [5, 5.41) is 17.5. The van der Waals surface area contributed by atoms with Crippen LogP contribution in [0.4, 0.5) is 0 Å². The van der Waals surface area contributed by atoms with Gasteiger partial charge in [0, 0.05) is 24.8 Å². The van der Waals surface area contributed by atoms with Crippen molar-refractivity contribution in [3.05, 3.63) is 47.3 Å². The van der Waals surface area contributed by atoms with Crippen LogP contribution in [0.15, 0.2) is 30.5 Å². The lowest BCUT2D eigenvalue weighted by Crippen LogP contribution is -2.47. The fourth-order valence-electron chi connectivity index (χ4n) is 4.27. The summed E-state index contributed by atoms with van der Waals surface area (Å²) in [5.74, 6) is 0.0340. The minimum absolute atomic E-state index is 0.0340. The number of fused-ring (bicyclic) bond motifs is 2. The summed E-state index contributed by atoms with van der Waals surface area (Å²) < 4.78 is 7.04. The van der Waals surface area contributed by atoms with Crippen molar-refractivity contribution in [3.63, 3.8) is 0 Å². The van der Waals surface area contributed by atoms with E-state index < -0.39 is 0 Å². The molecule has 3 heterocycles. The Kier molecular flexibility index (Phi) is 4.43. The molecule has 0 aliphatic carbocycles. The molecule has 134 valence electrons. The number of benzene rings is 1. The number of carbonyl (C=O) groups is 1. The minimum atomic E-state index is 0.0340. The topological polar surface area (TPSA) is 84.0 Å². The first-order chi connectivity index (χ1) is 12.7. The van der Waals surface area contributed by atoms with E-state index in [-0.39, 0.29) is 24.0 Å². The molecule has 0 N–H and O–H groups in total. The van der Waals surface area contributed by atoms with Crippen LogP contribution >= 0.6 is 0 Å². The molecular weight excluding hydrogens is 330 g/mol. The third-order valence-electron chi connectivity index (χ3n) is 5.41. The summed E-state index contributed by atoms with van der Waals surface area (Å²) in [6.45, 7) is 0.458. The number of aromatic nitrogens is 3. The van der Waals surface area contributed by atoms with E-state index in [0.717, 1.165) is 31.4 Å². The number of ether oxygens (including phenoxy) is 1. The molecule has 26 heavy (non-hydrogen) atoms. The maximum absolute atomic E-state index is 13.0. The molecule has 7 nitrogen and oxygen atoms in total. The zero-order chi connectivity index (χ0) is 18.1. The molecule has 1 aromatic heterocycles. The Morgan fingerprint density at radius 2 is 2.08 bits per heavy atom. The van der Waals surface area contributed by atoms with E-state index in [4.69, 9.17) is 10.00 Å². The predicted molar refractivity (Wildman–Crippen MR) is 93.1 cm³/mol. The smallest absolute Gasteiger partial charge is 0.254 e. The maximum Gasteiger partial charge on any atom is 0.254 e. The van der Waals surface area contributed by atoms with E-state index in [1.54, 1.807) is 31.4 Å². The van der Waals surface area contributed by atoms with Crippen molar-refractivity contribution in [3.8, 4) is 6.07 Å². The molecule has 0 saturated carbocycles. The highest BCUT2D eigenvalue weighted by Gasteiger charge is 2.44. The third-order valence-corrected chi connectivity index (χ3v) is 5.41. The molecule has 7 heteroatoms. The number of hydrogen-bond donors (Lipinski definition) is 0. The van der Waals surface area contributed by atoms with Gasteiger partial charge >= 0.3 is 0 Å². The summed E-state index contributed by atoms with van der Waals surface area (Å²) in [4.78, 5) is 15.1. The van der Waals surface area contributed by atoms with Crippen LogP contribution in [0.5, 0.6) is 0 Å². The Labute approximate surface area is 152 Å². The number of amides is 1. The number of nitrogens with zero attached hydrogens (tertiary/aromatic N) is 5. The molecule has 2 aliphatic rings. The highest BCUT2D eigenvalue weighted by Crippen LogP contribution is 2.41. The number of carbonyl (C=O) groups excluding carboxylic acids is 1. The first-order valence-corrected chi connectivity index (χ1v) is 8.92. The molecule has 1 amide bonds. The van der Waals surface area contributed by atoms with E-state index in [2.05, 4.69) is 16.4 Å². The third kappa shape index (κ3) is 2.97. The summed E-state index contributed by atoms with van der Waals surface area (Å²) in [5.41, 5.74) is 1.94. The van der Waals surface area contributed by atoms with Crippen molar-refractivity contribution in [2.45, 2.75) is 50.4 Å².